The van der Waals surface area contributed by atoms with Gasteiger partial charge in [-0.25, -0.2) is 0 Å². The largest absolute Gasteiger partial charge is 0.485 e. The number of halogens is 1. The van der Waals surface area contributed by atoms with Gasteiger partial charge in [-0.1, -0.05) is 59.3 Å². The van der Waals surface area contributed by atoms with E-state index in [0.29, 0.717) is 11.3 Å². The van der Waals surface area contributed by atoms with E-state index in [1.54, 1.807) is 0 Å². The van der Waals surface area contributed by atoms with E-state index in [2.05, 4.69) is 28.9 Å². The summed E-state index contributed by atoms with van der Waals surface area (Å²) in [7, 11) is 0. The van der Waals surface area contributed by atoms with Crippen LogP contribution in [0.1, 0.15) is 22.8 Å². The predicted octanol–water partition coefficient (Wildman–Crippen LogP) is 5.43. The fraction of sp³-hybridized carbons (Fsp3) is 0.150. The average molecular weight is 369 g/mol. The minimum absolute atomic E-state index is 0.0106. The van der Waals surface area contributed by atoms with Crippen LogP contribution in [0.3, 0.4) is 0 Å². The van der Waals surface area contributed by atoms with Gasteiger partial charge in [-0.15, -0.1) is 0 Å². The molecule has 0 aliphatic heterocycles. The van der Waals surface area contributed by atoms with Gasteiger partial charge in [-0.3, -0.25) is 4.79 Å². The molecule has 3 rings (SSSR count). The third-order valence-electron chi connectivity index (χ3n) is 3.83. The molecule has 0 amide bonds. The van der Waals surface area contributed by atoms with Crippen LogP contribution < -0.4 is 4.74 Å². The van der Waals surface area contributed by atoms with Gasteiger partial charge in [-0.05, 0) is 47.0 Å². The van der Waals surface area contributed by atoms with Crippen LogP contribution in [0.5, 0.6) is 5.75 Å². The minimum atomic E-state index is -0.0106. The van der Waals surface area contributed by atoms with Crippen molar-refractivity contribution in [2.45, 2.75) is 13.3 Å². The molecule has 0 atom stereocenters. The molecule has 0 N–H and O–H groups in total. The van der Waals surface area contributed by atoms with Crippen molar-refractivity contribution in [2.75, 3.05) is 6.61 Å². The standard InChI is InChI=1S/C20H17BrO2/c1-2-14-3-5-15(6-4-14)20(22)13-23-19-10-8-16-11-18(21)9-7-17(16)12-19/h3-12H,2,13H2,1H3. The van der Waals surface area contributed by atoms with Crippen molar-refractivity contribution < 1.29 is 9.53 Å². The van der Waals surface area contributed by atoms with Crippen molar-refractivity contribution in [3.63, 3.8) is 0 Å². The van der Waals surface area contributed by atoms with Gasteiger partial charge in [0.15, 0.2) is 12.4 Å². The summed E-state index contributed by atoms with van der Waals surface area (Å²) >= 11 is 3.46. The summed E-state index contributed by atoms with van der Waals surface area (Å²) in [5.41, 5.74) is 1.91. The Hall–Kier alpha value is -2.13. The number of benzene rings is 3. The Morgan fingerprint density at radius 2 is 1.65 bits per heavy atom. The van der Waals surface area contributed by atoms with Crippen LogP contribution in [0.4, 0.5) is 0 Å². The Labute approximate surface area is 144 Å². The molecule has 0 aromatic heterocycles. The summed E-state index contributed by atoms with van der Waals surface area (Å²) in [5.74, 6) is 0.696. The summed E-state index contributed by atoms with van der Waals surface area (Å²) < 4.78 is 6.70. The van der Waals surface area contributed by atoms with Gasteiger partial charge >= 0.3 is 0 Å². The molecule has 3 aromatic rings. The second-order valence-corrected chi connectivity index (χ2v) is 6.33. The highest BCUT2D eigenvalue weighted by Crippen LogP contribution is 2.24. The lowest BCUT2D eigenvalue weighted by atomic mass is 10.1. The molecular weight excluding hydrogens is 352 g/mol. The van der Waals surface area contributed by atoms with Crippen molar-refractivity contribution in [1.82, 2.24) is 0 Å². The van der Waals surface area contributed by atoms with Crippen LogP contribution in [-0.4, -0.2) is 12.4 Å². The highest BCUT2D eigenvalue weighted by molar-refractivity contribution is 9.10. The highest BCUT2D eigenvalue weighted by atomic mass is 79.9. The molecule has 116 valence electrons. The maximum atomic E-state index is 12.2. The van der Waals surface area contributed by atoms with Gasteiger partial charge in [0.05, 0.1) is 0 Å². The fourth-order valence-corrected chi connectivity index (χ4v) is 2.82. The van der Waals surface area contributed by atoms with Crippen LogP contribution in [0.25, 0.3) is 10.8 Å². The van der Waals surface area contributed by atoms with Gasteiger partial charge in [0.25, 0.3) is 0 Å². The molecule has 0 radical (unpaired) electrons. The normalized spacial score (nSPS) is 10.7. The van der Waals surface area contributed by atoms with Crippen molar-refractivity contribution in [3.8, 4) is 5.75 Å². The number of ketones is 1. The fourth-order valence-electron chi connectivity index (χ4n) is 2.44. The second kappa shape index (κ2) is 6.97. The highest BCUT2D eigenvalue weighted by Gasteiger charge is 2.07. The summed E-state index contributed by atoms with van der Waals surface area (Å²) in [4.78, 5) is 12.2. The first kappa shape index (κ1) is 15.8. The molecule has 0 fully saturated rings. The van der Waals surface area contributed by atoms with E-state index < -0.39 is 0 Å². The monoisotopic (exact) mass is 368 g/mol. The van der Waals surface area contributed by atoms with E-state index in [-0.39, 0.29) is 12.4 Å². The quantitative estimate of drug-likeness (QED) is 0.561. The van der Waals surface area contributed by atoms with Crippen molar-refractivity contribution >= 4 is 32.5 Å². The van der Waals surface area contributed by atoms with E-state index >= 15 is 0 Å². The average Bonchev–Trinajstić information content (AvgIpc) is 2.59. The lowest BCUT2D eigenvalue weighted by molar-refractivity contribution is 0.0921. The van der Waals surface area contributed by atoms with Gasteiger partial charge in [0.1, 0.15) is 5.75 Å². The first-order valence-electron chi connectivity index (χ1n) is 7.60. The third-order valence-corrected chi connectivity index (χ3v) is 4.32. The molecule has 0 aliphatic carbocycles. The number of fused-ring (bicyclic) bond motifs is 1. The summed E-state index contributed by atoms with van der Waals surface area (Å²) in [5, 5.41) is 2.22. The predicted molar refractivity (Wildman–Crippen MR) is 97.3 cm³/mol. The lowest BCUT2D eigenvalue weighted by Crippen LogP contribution is -2.11. The van der Waals surface area contributed by atoms with Crippen LogP contribution in [0.15, 0.2) is 65.1 Å². The Balaban J connectivity index is 1.69. The number of carbonyl (C=O) groups excluding carboxylic acids is 1. The maximum Gasteiger partial charge on any atom is 0.200 e. The second-order valence-electron chi connectivity index (χ2n) is 5.42. The van der Waals surface area contributed by atoms with Crippen molar-refractivity contribution in [2.24, 2.45) is 0 Å². The molecule has 3 aromatic carbocycles. The zero-order chi connectivity index (χ0) is 16.2. The molecule has 3 heteroatoms. The number of ether oxygens (including phenoxy) is 1. The Kier molecular flexibility index (Phi) is 4.77. The van der Waals surface area contributed by atoms with Crippen molar-refractivity contribution in [1.29, 1.82) is 0 Å². The zero-order valence-electron chi connectivity index (χ0n) is 12.9. The zero-order valence-corrected chi connectivity index (χ0v) is 14.5. The first-order valence-corrected chi connectivity index (χ1v) is 8.39. The number of Topliss-reactive ketones (excluding diaryl/α,β-unsaturated/α-hetero) is 1. The SMILES string of the molecule is CCc1ccc(C(=O)COc2ccc3cc(Br)ccc3c2)cc1. The molecule has 0 aliphatic rings. The number of carbonyl (C=O) groups is 1. The van der Waals surface area contributed by atoms with Gasteiger partial charge < -0.3 is 4.74 Å². The molecule has 23 heavy (non-hydrogen) atoms. The molecular formula is C20H17BrO2. The molecule has 2 nitrogen and oxygen atoms in total. The first-order chi connectivity index (χ1) is 11.2. The topological polar surface area (TPSA) is 26.3 Å². The van der Waals surface area contributed by atoms with Crippen molar-refractivity contribution in [3.05, 3.63) is 76.3 Å². The lowest BCUT2D eigenvalue weighted by Gasteiger charge is -2.07. The van der Waals surface area contributed by atoms with Crippen LogP contribution in [0.2, 0.25) is 0 Å². The molecule has 0 unspecified atom stereocenters. The number of hydrogen-bond donors (Lipinski definition) is 0. The van der Waals surface area contributed by atoms with Crippen LogP contribution in [0, 0.1) is 0 Å². The maximum absolute atomic E-state index is 12.2. The van der Waals surface area contributed by atoms with Gasteiger partial charge in [0, 0.05) is 10.0 Å². The smallest absolute Gasteiger partial charge is 0.200 e. The molecule has 0 heterocycles. The number of hydrogen-bond acceptors (Lipinski definition) is 2. The third kappa shape index (κ3) is 3.80. The van der Waals surface area contributed by atoms with Gasteiger partial charge in [0.2, 0.25) is 0 Å². The van der Waals surface area contributed by atoms with E-state index in [9.17, 15) is 4.79 Å². The van der Waals surface area contributed by atoms with E-state index in [4.69, 9.17) is 4.74 Å². The van der Waals surface area contributed by atoms with Crippen LogP contribution >= 0.6 is 15.9 Å². The summed E-state index contributed by atoms with van der Waals surface area (Å²) in [6.07, 6.45) is 0.970. The Bertz CT molecular complexity index is 838. The van der Waals surface area contributed by atoms with E-state index in [1.807, 2.05) is 54.6 Å². The Morgan fingerprint density at radius 3 is 2.39 bits per heavy atom. The van der Waals surface area contributed by atoms with E-state index in [1.165, 1.54) is 5.56 Å². The summed E-state index contributed by atoms with van der Waals surface area (Å²) in [6.45, 7) is 2.14. The molecule has 0 saturated carbocycles. The molecule has 0 saturated heterocycles. The number of rotatable bonds is 5. The molecule has 0 spiro atoms. The summed E-state index contributed by atoms with van der Waals surface area (Å²) in [6, 6.07) is 19.6. The number of aryl methyl sites for hydroxylation is 1. The Morgan fingerprint density at radius 1 is 0.957 bits per heavy atom. The van der Waals surface area contributed by atoms with E-state index in [0.717, 1.165) is 21.7 Å². The molecule has 0 bridgehead atoms. The minimum Gasteiger partial charge on any atom is -0.485 e. The van der Waals surface area contributed by atoms with Gasteiger partial charge in [-0.2, -0.15) is 0 Å². The van der Waals surface area contributed by atoms with Crippen LogP contribution in [-0.2, 0) is 6.42 Å².